The molecule has 8 atom stereocenters. The van der Waals surface area contributed by atoms with Crippen molar-refractivity contribution in [2.24, 2.45) is 29.1 Å². The molecule has 0 radical (unpaired) electrons. The van der Waals surface area contributed by atoms with Gasteiger partial charge in [0.05, 0.1) is 17.4 Å². The number of nitrogens with zero attached hydrogens (tertiary/aromatic N) is 3. The molecular weight excluding hydrogens is 636 g/mol. The Kier molecular flexibility index (Phi) is 9.06. The molecule has 260 valence electrons. The maximum Gasteiger partial charge on any atom is 0.408 e. The van der Waals surface area contributed by atoms with Gasteiger partial charge in [-0.05, 0) is 87.8 Å². The van der Waals surface area contributed by atoms with Gasteiger partial charge in [0.2, 0.25) is 5.91 Å². The number of hydrogen-bond donors (Lipinski definition) is 1. The largest absolute Gasteiger partial charge is 0.459 e. The molecule has 1 aromatic heterocycles. The maximum atomic E-state index is 14.5. The minimum atomic E-state index is -1.02. The van der Waals surface area contributed by atoms with Crippen LogP contribution in [0.2, 0.25) is 5.02 Å². The van der Waals surface area contributed by atoms with Gasteiger partial charge in [0.25, 0.3) is 11.6 Å². The number of carbonyl (C=O) groups is 3. The Bertz CT molecular complexity index is 1690. The Labute approximate surface area is 286 Å². The fraction of sp³-hybridized carbons (Fsp3) is 0.639. The Morgan fingerprint density at radius 3 is 2.48 bits per heavy atom. The molecular formula is C36H47ClN4O7. The van der Waals surface area contributed by atoms with Crippen LogP contribution in [-0.4, -0.2) is 68.9 Å². The summed E-state index contributed by atoms with van der Waals surface area (Å²) >= 11 is 6.27. The molecule has 2 bridgehead atoms. The van der Waals surface area contributed by atoms with E-state index in [4.69, 9.17) is 30.8 Å². The van der Waals surface area contributed by atoms with Crippen molar-refractivity contribution in [2.75, 3.05) is 6.54 Å². The number of fused-ring (bicyclic) bond motifs is 7. The Morgan fingerprint density at radius 1 is 1.02 bits per heavy atom. The average molecular weight is 683 g/mol. The predicted octanol–water partition coefficient (Wildman–Crippen LogP) is 5.50. The summed E-state index contributed by atoms with van der Waals surface area (Å²) in [5.41, 5.74) is -1.44. The van der Waals surface area contributed by atoms with Gasteiger partial charge < -0.3 is 24.4 Å². The number of halogens is 1. The van der Waals surface area contributed by atoms with E-state index < -0.39 is 53.1 Å². The molecule has 2 aromatic rings. The molecule has 2 aliphatic heterocycles. The third-order valence-electron chi connectivity index (χ3n) is 10.2. The van der Waals surface area contributed by atoms with Crippen LogP contribution in [-0.2, 0) is 25.6 Å². The molecule has 48 heavy (non-hydrogen) atoms. The number of rotatable bonds is 1. The molecule has 11 nitrogen and oxygen atoms in total. The van der Waals surface area contributed by atoms with Crippen molar-refractivity contribution in [3.05, 3.63) is 45.7 Å². The third-order valence-corrected chi connectivity index (χ3v) is 10.4. The lowest BCUT2D eigenvalue weighted by molar-refractivity contribution is -0.165. The van der Waals surface area contributed by atoms with Gasteiger partial charge in [-0.25, -0.2) is 9.59 Å². The van der Waals surface area contributed by atoms with E-state index in [1.807, 2.05) is 39.8 Å². The first-order chi connectivity index (χ1) is 22.5. The number of ether oxygens (including phenoxy) is 3. The van der Waals surface area contributed by atoms with Crippen LogP contribution in [0.3, 0.4) is 0 Å². The highest BCUT2D eigenvalue weighted by Crippen LogP contribution is 2.57. The van der Waals surface area contributed by atoms with Crippen molar-refractivity contribution in [2.45, 2.75) is 111 Å². The monoisotopic (exact) mass is 682 g/mol. The minimum absolute atomic E-state index is 0.000564. The quantitative estimate of drug-likeness (QED) is 0.308. The van der Waals surface area contributed by atoms with Gasteiger partial charge >= 0.3 is 12.1 Å². The van der Waals surface area contributed by atoms with E-state index in [0.29, 0.717) is 27.8 Å². The highest BCUT2D eigenvalue weighted by Gasteiger charge is 2.55. The van der Waals surface area contributed by atoms with Crippen LogP contribution in [0, 0.1) is 29.1 Å². The lowest BCUT2D eigenvalue weighted by atomic mass is 9.85. The molecule has 12 heteroatoms. The SMILES string of the molecule is C[C@@H]1[C@@H]2CN(C(=O)[C@H](C(C)(C)C)NC(=O)O[C@@H]3CC4C[C@@H]4[C@H]3CC/C=C/Cn3c(nc4cc(Cl)ccc4c3=O)O2)[C@@H]1C(=O)OC(C)(C)C. The van der Waals surface area contributed by atoms with Crippen LogP contribution in [0.5, 0.6) is 6.01 Å². The summed E-state index contributed by atoms with van der Waals surface area (Å²) in [7, 11) is 0. The van der Waals surface area contributed by atoms with E-state index in [0.717, 1.165) is 25.7 Å². The summed E-state index contributed by atoms with van der Waals surface area (Å²) in [5, 5.41) is 3.71. The number of aromatic nitrogens is 2. The molecule has 2 aliphatic carbocycles. The normalized spacial score (nSPS) is 31.7. The number of esters is 1. The lowest BCUT2D eigenvalue weighted by Crippen LogP contribution is -2.58. The molecule has 1 N–H and O–H groups in total. The van der Waals surface area contributed by atoms with E-state index >= 15 is 0 Å². The second-order valence-corrected chi connectivity index (χ2v) is 16.4. The molecule has 1 saturated heterocycles. The molecule has 3 fully saturated rings. The van der Waals surface area contributed by atoms with Crippen LogP contribution < -0.4 is 15.6 Å². The molecule has 1 unspecified atom stereocenters. The van der Waals surface area contributed by atoms with Crippen LogP contribution in [0.1, 0.15) is 74.1 Å². The number of benzene rings is 1. The second kappa shape index (κ2) is 12.7. The highest BCUT2D eigenvalue weighted by atomic mass is 35.5. The van der Waals surface area contributed by atoms with Gasteiger partial charge in [-0.2, -0.15) is 4.98 Å². The van der Waals surface area contributed by atoms with Gasteiger partial charge in [0, 0.05) is 17.5 Å². The Balaban J connectivity index is 1.43. The van der Waals surface area contributed by atoms with E-state index in [9.17, 15) is 19.2 Å². The molecule has 1 aromatic carbocycles. The second-order valence-electron chi connectivity index (χ2n) is 16.0. The summed E-state index contributed by atoms with van der Waals surface area (Å²) in [5.74, 6) is -0.280. The zero-order chi connectivity index (χ0) is 34.7. The number of nitrogens with one attached hydrogen (secondary N) is 1. The van der Waals surface area contributed by atoms with Crippen LogP contribution in [0.15, 0.2) is 35.1 Å². The topological polar surface area (TPSA) is 129 Å². The number of hydrogen-bond acceptors (Lipinski definition) is 8. The molecule has 0 spiro atoms. The predicted molar refractivity (Wildman–Crippen MR) is 181 cm³/mol. The van der Waals surface area contributed by atoms with E-state index in [-0.39, 0.29) is 36.7 Å². The maximum absolute atomic E-state index is 14.5. The summed E-state index contributed by atoms with van der Waals surface area (Å²) < 4.78 is 19.8. The molecule has 3 heterocycles. The van der Waals surface area contributed by atoms with Crippen molar-refractivity contribution >= 4 is 40.5 Å². The van der Waals surface area contributed by atoms with Crippen molar-refractivity contribution in [3.8, 4) is 6.01 Å². The first kappa shape index (κ1) is 34.3. The van der Waals surface area contributed by atoms with Gasteiger partial charge in [-0.15, -0.1) is 0 Å². The summed E-state index contributed by atoms with van der Waals surface area (Å²) in [6, 6.07) is 2.97. The van der Waals surface area contributed by atoms with Crippen LogP contribution in [0.25, 0.3) is 10.9 Å². The number of alkyl carbamates (subject to hydrolysis) is 1. The zero-order valence-electron chi connectivity index (χ0n) is 28.8. The molecule has 6 rings (SSSR count). The van der Waals surface area contributed by atoms with Crippen molar-refractivity contribution in [1.82, 2.24) is 19.8 Å². The van der Waals surface area contributed by atoms with Gasteiger partial charge in [-0.3, -0.25) is 14.2 Å². The average Bonchev–Trinajstić information content (AvgIpc) is 3.54. The van der Waals surface area contributed by atoms with Crippen molar-refractivity contribution in [1.29, 1.82) is 0 Å². The first-order valence-electron chi connectivity index (χ1n) is 17.0. The standard InChI is InChI=1S/C36H47ClN4O7/c1-19-27-18-41(28(19)32(44)48-36(5,6)7)31(43)29(35(2,3)4)39-34(45)47-26-16-20-15-24(20)22(26)11-9-8-10-14-40-30(42)23-13-12-21(37)17-25(23)38-33(40)46-27/h8,10,12-13,17,19-20,22,24,26-29H,9,11,14-16,18H2,1-7H3,(H,39,45)/b10-8+/t19-,20?,22-,24+,26-,27+,28+,29-/m1/s1. The minimum Gasteiger partial charge on any atom is -0.459 e. The van der Waals surface area contributed by atoms with Crippen LogP contribution in [0.4, 0.5) is 4.79 Å². The van der Waals surface area contributed by atoms with Gasteiger partial charge in [0.15, 0.2) is 0 Å². The van der Waals surface area contributed by atoms with E-state index in [1.165, 1.54) is 9.47 Å². The Hall–Kier alpha value is -3.60. The lowest BCUT2D eigenvalue weighted by Gasteiger charge is -2.36. The van der Waals surface area contributed by atoms with Crippen molar-refractivity contribution in [3.63, 3.8) is 0 Å². The first-order valence-corrected chi connectivity index (χ1v) is 17.4. The zero-order valence-corrected chi connectivity index (χ0v) is 29.6. The number of carbonyl (C=O) groups excluding carboxylic acids is 3. The third kappa shape index (κ3) is 6.93. The Morgan fingerprint density at radius 2 is 1.77 bits per heavy atom. The fourth-order valence-corrected chi connectivity index (χ4v) is 7.80. The highest BCUT2D eigenvalue weighted by molar-refractivity contribution is 6.31. The fourth-order valence-electron chi connectivity index (χ4n) is 7.64. The summed E-state index contributed by atoms with van der Waals surface area (Å²) in [6.07, 6.45) is 5.93. The number of allylic oxidation sites excluding steroid dienone is 2. The van der Waals surface area contributed by atoms with Gasteiger partial charge in [-0.1, -0.05) is 51.4 Å². The van der Waals surface area contributed by atoms with E-state index in [2.05, 4.69) is 5.32 Å². The summed E-state index contributed by atoms with van der Waals surface area (Å²) in [4.78, 5) is 61.7. The van der Waals surface area contributed by atoms with Crippen LogP contribution >= 0.6 is 11.6 Å². The van der Waals surface area contributed by atoms with E-state index in [1.54, 1.807) is 39.0 Å². The van der Waals surface area contributed by atoms with Crippen molar-refractivity contribution < 1.29 is 28.6 Å². The summed E-state index contributed by atoms with van der Waals surface area (Å²) in [6.45, 7) is 12.9. The van der Waals surface area contributed by atoms with Gasteiger partial charge in [0.1, 0.15) is 29.9 Å². The molecule has 2 saturated carbocycles. The smallest absolute Gasteiger partial charge is 0.408 e. The number of amides is 2. The molecule has 2 amide bonds. The molecule has 4 aliphatic rings.